The van der Waals surface area contributed by atoms with E-state index in [0.717, 1.165) is 17.5 Å². The summed E-state index contributed by atoms with van der Waals surface area (Å²) in [5, 5.41) is 14.4. The highest BCUT2D eigenvalue weighted by Gasteiger charge is 2.07. The smallest absolute Gasteiger partial charge is 0.319 e. The molecule has 0 unspecified atom stereocenters. The highest BCUT2D eigenvalue weighted by Crippen LogP contribution is 2.19. The summed E-state index contributed by atoms with van der Waals surface area (Å²) in [6.45, 7) is 4.15. The maximum absolute atomic E-state index is 12.0. The minimum absolute atomic E-state index is 0.250. The average molecular weight is 367 g/mol. The zero-order chi connectivity index (χ0) is 19.3. The van der Waals surface area contributed by atoms with Crippen molar-refractivity contribution in [2.75, 3.05) is 25.1 Å². The Morgan fingerprint density at radius 1 is 1.15 bits per heavy atom. The van der Waals surface area contributed by atoms with E-state index >= 15 is 0 Å². The van der Waals surface area contributed by atoms with Crippen molar-refractivity contribution in [3.05, 3.63) is 59.7 Å². The standard InChI is InChI=1S/C21H25N3O3/c1-2-26-15-5-14-23-21(25)24-20-7-4-3-6-18(20)16-27-19-10-8-17(9-11-19)12-13-22/h3-4,6-11H,2,5,12,14-16H2,1H3,(H2,23,24,25). The van der Waals surface area contributed by atoms with Crippen LogP contribution in [0.15, 0.2) is 48.5 Å². The predicted octanol–water partition coefficient (Wildman–Crippen LogP) is 3.88. The molecule has 142 valence electrons. The summed E-state index contributed by atoms with van der Waals surface area (Å²) >= 11 is 0. The molecule has 6 nitrogen and oxygen atoms in total. The van der Waals surface area contributed by atoms with Crippen molar-refractivity contribution >= 4 is 11.7 Å². The molecule has 0 aromatic heterocycles. The Bertz CT molecular complexity index is 754. The molecule has 2 aromatic carbocycles. The second kappa shape index (κ2) is 11.6. The van der Waals surface area contributed by atoms with Gasteiger partial charge in [0.1, 0.15) is 12.4 Å². The van der Waals surface area contributed by atoms with Gasteiger partial charge in [-0.1, -0.05) is 30.3 Å². The van der Waals surface area contributed by atoms with Gasteiger partial charge in [0.2, 0.25) is 0 Å². The van der Waals surface area contributed by atoms with Crippen molar-refractivity contribution in [1.29, 1.82) is 5.26 Å². The van der Waals surface area contributed by atoms with Gasteiger partial charge in [-0.05, 0) is 37.1 Å². The van der Waals surface area contributed by atoms with Crippen molar-refractivity contribution in [1.82, 2.24) is 5.32 Å². The number of carbonyl (C=O) groups excluding carboxylic acids is 1. The van der Waals surface area contributed by atoms with Crippen LogP contribution < -0.4 is 15.4 Å². The van der Waals surface area contributed by atoms with E-state index in [1.165, 1.54) is 0 Å². The Morgan fingerprint density at radius 3 is 2.67 bits per heavy atom. The Balaban J connectivity index is 1.85. The molecule has 27 heavy (non-hydrogen) atoms. The molecule has 6 heteroatoms. The van der Waals surface area contributed by atoms with Crippen LogP contribution in [0.5, 0.6) is 5.75 Å². The number of nitrogens with one attached hydrogen (secondary N) is 2. The Labute approximate surface area is 160 Å². The van der Waals surface area contributed by atoms with Crippen LogP contribution in [0.1, 0.15) is 24.5 Å². The lowest BCUT2D eigenvalue weighted by molar-refractivity contribution is 0.145. The Hall–Kier alpha value is -3.04. The summed E-state index contributed by atoms with van der Waals surface area (Å²) in [5.41, 5.74) is 2.54. The molecule has 0 heterocycles. The maximum Gasteiger partial charge on any atom is 0.319 e. The molecular formula is C21H25N3O3. The minimum atomic E-state index is -0.250. The average Bonchev–Trinajstić information content (AvgIpc) is 2.68. The molecule has 0 radical (unpaired) electrons. The van der Waals surface area contributed by atoms with Gasteiger partial charge in [-0.2, -0.15) is 5.26 Å². The van der Waals surface area contributed by atoms with Crippen LogP contribution in [-0.4, -0.2) is 25.8 Å². The van der Waals surface area contributed by atoms with Gasteiger partial charge < -0.3 is 20.1 Å². The van der Waals surface area contributed by atoms with Gasteiger partial charge in [0.25, 0.3) is 0 Å². The summed E-state index contributed by atoms with van der Waals surface area (Å²) in [7, 11) is 0. The van der Waals surface area contributed by atoms with Crippen molar-refractivity contribution in [2.45, 2.75) is 26.4 Å². The van der Waals surface area contributed by atoms with Crippen LogP contribution in [-0.2, 0) is 17.8 Å². The van der Waals surface area contributed by atoms with Crippen LogP contribution in [0.4, 0.5) is 10.5 Å². The molecule has 0 atom stereocenters. The summed E-state index contributed by atoms with van der Waals surface area (Å²) in [6, 6.07) is 16.8. The first-order valence-electron chi connectivity index (χ1n) is 9.02. The zero-order valence-electron chi connectivity index (χ0n) is 15.5. The number of rotatable bonds is 10. The lowest BCUT2D eigenvalue weighted by Gasteiger charge is -2.13. The number of anilines is 1. The quantitative estimate of drug-likeness (QED) is 0.624. The summed E-state index contributed by atoms with van der Waals surface area (Å²) in [5.74, 6) is 0.715. The molecule has 0 fully saturated rings. The maximum atomic E-state index is 12.0. The third-order valence-corrected chi connectivity index (χ3v) is 3.82. The van der Waals surface area contributed by atoms with E-state index in [1.807, 2.05) is 55.5 Å². The van der Waals surface area contributed by atoms with Crippen molar-refractivity contribution < 1.29 is 14.3 Å². The van der Waals surface area contributed by atoms with E-state index in [9.17, 15) is 4.79 Å². The topological polar surface area (TPSA) is 83.4 Å². The third kappa shape index (κ3) is 7.38. The molecule has 0 aliphatic carbocycles. The zero-order valence-corrected chi connectivity index (χ0v) is 15.5. The van der Waals surface area contributed by atoms with Gasteiger partial charge in [0.15, 0.2) is 0 Å². The summed E-state index contributed by atoms with van der Waals surface area (Å²) in [6.07, 6.45) is 1.15. The first-order valence-corrected chi connectivity index (χ1v) is 9.02. The SMILES string of the molecule is CCOCCCNC(=O)Nc1ccccc1COc1ccc(CC#N)cc1. The molecule has 0 spiro atoms. The lowest BCUT2D eigenvalue weighted by atomic mass is 10.1. The van der Waals surface area contributed by atoms with Crippen molar-refractivity contribution in [3.8, 4) is 11.8 Å². The summed E-state index contributed by atoms with van der Waals surface area (Å²) in [4.78, 5) is 12.0. The second-order valence-electron chi connectivity index (χ2n) is 5.86. The van der Waals surface area contributed by atoms with E-state index in [4.69, 9.17) is 14.7 Å². The Kier molecular flexibility index (Phi) is 8.67. The minimum Gasteiger partial charge on any atom is -0.489 e. The number of carbonyl (C=O) groups is 1. The fourth-order valence-electron chi connectivity index (χ4n) is 2.41. The molecule has 0 saturated carbocycles. The van der Waals surface area contributed by atoms with Gasteiger partial charge >= 0.3 is 6.03 Å². The first kappa shape index (κ1) is 20.3. The molecule has 2 N–H and O–H groups in total. The number of amides is 2. The van der Waals surface area contributed by atoms with Crippen LogP contribution in [0.2, 0.25) is 0 Å². The number of benzene rings is 2. The number of hydrogen-bond donors (Lipinski definition) is 2. The second-order valence-corrected chi connectivity index (χ2v) is 5.86. The van der Waals surface area contributed by atoms with Crippen molar-refractivity contribution in [3.63, 3.8) is 0 Å². The van der Waals surface area contributed by atoms with Crippen molar-refractivity contribution in [2.24, 2.45) is 0 Å². The normalized spacial score (nSPS) is 10.1. The lowest BCUT2D eigenvalue weighted by Crippen LogP contribution is -2.30. The molecule has 2 amide bonds. The summed E-state index contributed by atoms with van der Waals surface area (Å²) < 4.78 is 11.0. The van der Waals surface area contributed by atoms with Gasteiger partial charge in [0, 0.05) is 31.0 Å². The largest absolute Gasteiger partial charge is 0.489 e. The van der Waals surface area contributed by atoms with Crippen LogP contribution in [0, 0.1) is 11.3 Å². The molecule has 0 aliphatic rings. The molecule has 0 bridgehead atoms. The Morgan fingerprint density at radius 2 is 1.93 bits per heavy atom. The van der Waals surface area contributed by atoms with Gasteiger partial charge in [-0.25, -0.2) is 4.79 Å². The van der Waals surface area contributed by atoms with Crippen LogP contribution in [0.25, 0.3) is 0 Å². The fraction of sp³-hybridized carbons (Fsp3) is 0.333. The number of hydrogen-bond acceptors (Lipinski definition) is 4. The third-order valence-electron chi connectivity index (χ3n) is 3.82. The fourth-order valence-corrected chi connectivity index (χ4v) is 2.41. The molecule has 0 saturated heterocycles. The van der Waals surface area contributed by atoms with E-state index in [0.29, 0.717) is 44.2 Å². The predicted molar refractivity (Wildman–Crippen MR) is 105 cm³/mol. The number of ether oxygens (including phenoxy) is 2. The van der Waals surface area contributed by atoms with E-state index < -0.39 is 0 Å². The number of urea groups is 1. The van der Waals surface area contributed by atoms with Gasteiger partial charge in [-0.15, -0.1) is 0 Å². The van der Waals surface area contributed by atoms with Crippen LogP contribution in [0.3, 0.4) is 0 Å². The monoisotopic (exact) mass is 367 g/mol. The highest BCUT2D eigenvalue weighted by molar-refractivity contribution is 5.90. The van der Waals surface area contributed by atoms with E-state index in [1.54, 1.807) is 0 Å². The molecule has 2 aromatic rings. The number of nitriles is 1. The van der Waals surface area contributed by atoms with E-state index in [-0.39, 0.29) is 6.03 Å². The first-order chi connectivity index (χ1) is 13.2. The molecule has 0 aliphatic heterocycles. The van der Waals surface area contributed by atoms with Crippen LogP contribution >= 0.6 is 0 Å². The highest BCUT2D eigenvalue weighted by atomic mass is 16.5. The molecular weight excluding hydrogens is 342 g/mol. The van der Waals surface area contributed by atoms with Gasteiger partial charge in [0.05, 0.1) is 12.5 Å². The number of para-hydroxylation sites is 1. The van der Waals surface area contributed by atoms with E-state index in [2.05, 4.69) is 16.7 Å². The van der Waals surface area contributed by atoms with Gasteiger partial charge in [-0.3, -0.25) is 0 Å². The molecule has 2 rings (SSSR count). The number of nitrogens with zero attached hydrogens (tertiary/aromatic N) is 1.